The number of nitrogens with zero attached hydrogens (tertiary/aromatic N) is 1. The second-order valence-electron chi connectivity index (χ2n) is 5.87. The lowest BCUT2D eigenvalue weighted by Crippen LogP contribution is -2.35. The Hall–Kier alpha value is -3.36. The quantitative estimate of drug-likeness (QED) is 0.799. The molecule has 0 saturated carbocycles. The number of benzene rings is 2. The van der Waals surface area contributed by atoms with E-state index in [-0.39, 0.29) is 23.4 Å². The topological polar surface area (TPSA) is 86.7 Å². The predicted molar refractivity (Wildman–Crippen MR) is 89.4 cm³/mol. The van der Waals surface area contributed by atoms with Crippen molar-refractivity contribution in [2.45, 2.75) is 18.6 Å². The van der Waals surface area contributed by atoms with Gasteiger partial charge in [0.25, 0.3) is 5.91 Å². The van der Waals surface area contributed by atoms with E-state index in [1.807, 2.05) is 0 Å². The molecule has 2 aromatic carbocycles. The van der Waals surface area contributed by atoms with Gasteiger partial charge in [-0.1, -0.05) is 18.2 Å². The summed E-state index contributed by atoms with van der Waals surface area (Å²) < 4.78 is 39.3. The molecule has 0 aromatic heterocycles. The Morgan fingerprint density at radius 1 is 1.11 bits per heavy atom. The number of imide groups is 1. The molecular weight excluding hydrogens is 365 g/mol. The fourth-order valence-electron chi connectivity index (χ4n) is 2.84. The third-order valence-electron chi connectivity index (χ3n) is 4.06. The van der Waals surface area contributed by atoms with Crippen molar-refractivity contribution in [2.75, 3.05) is 10.2 Å². The normalized spacial score (nSPS) is 17.3. The van der Waals surface area contributed by atoms with Crippen molar-refractivity contribution in [1.29, 1.82) is 0 Å². The second-order valence-corrected chi connectivity index (χ2v) is 5.87. The number of hydrogen-bond donors (Lipinski definition) is 2. The van der Waals surface area contributed by atoms with Crippen molar-refractivity contribution in [3.63, 3.8) is 0 Å². The van der Waals surface area contributed by atoms with Crippen LogP contribution in [0.4, 0.5) is 24.5 Å². The minimum Gasteiger partial charge on any atom is -0.478 e. The van der Waals surface area contributed by atoms with E-state index < -0.39 is 35.6 Å². The van der Waals surface area contributed by atoms with Gasteiger partial charge in [-0.2, -0.15) is 13.2 Å². The van der Waals surface area contributed by atoms with Crippen molar-refractivity contribution in [2.24, 2.45) is 0 Å². The van der Waals surface area contributed by atoms with Crippen LogP contribution < -0.4 is 10.2 Å². The Morgan fingerprint density at radius 2 is 1.81 bits per heavy atom. The molecule has 6 nitrogen and oxygen atoms in total. The maximum Gasteiger partial charge on any atom is 0.418 e. The van der Waals surface area contributed by atoms with Gasteiger partial charge < -0.3 is 10.4 Å². The van der Waals surface area contributed by atoms with Crippen LogP contribution in [0.1, 0.15) is 22.3 Å². The van der Waals surface area contributed by atoms with Crippen LogP contribution >= 0.6 is 0 Å². The summed E-state index contributed by atoms with van der Waals surface area (Å²) in [7, 11) is 0. The molecule has 2 aromatic rings. The van der Waals surface area contributed by atoms with E-state index in [0.717, 1.165) is 17.0 Å². The minimum absolute atomic E-state index is 0.0540. The van der Waals surface area contributed by atoms with Gasteiger partial charge in [-0.05, 0) is 30.3 Å². The monoisotopic (exact) mass is 378 g/mol. The number of rotatable bonds is 4. The zero-order chi connectivity index (χ0) is 19.8. The lowest BCUT2D eigenvalue weighted by molar-refractivity contribution is -0.137. The molecule has 1 aliphatic heterocycles. The molecular formula is C18H13F3N2O4. The smallest absolute Gasteiger partial charge is 0.418 e. The number of hydrogen-bond acceptors (Lipinski definition) is 4. The summed E-state index contributed by atoms with van der Waals surface area (Å²) in [6, 6.07) is 8.68. The first-order valence-electron chi connectivity index (χ1n) is 7.81. The highest BCUT2D eigenvalue weighted by atomic mass is 19.4. The Labute approximate surface area is 151 Å². The number of alkyl halides is 3. The van der Waals surface area contributed by atoms with Crippen molar-refractivity contribution in [1.82, 2.24) is 0 Å². The van der Waals surface area contributed by atoms with Gasteiger partial charge in [0.05, 0.1) is 23.2 Å². The number of carbonyl (C=O) groups excluding carboxylic acids is 2. The van der Waals surface area contributed by atoms with Gasteiger partial charge in [-0.25, -0.2) is 9.69 Å². The van der Waals surface area contributed by atoms with E-state index in [2.05, 4.69) is 5.32 Å². The highest BCUT2D eigenvalue weighted by Gasteiger charge is 2.41. The number of aromatic carboxylic acids is 1. The Balaban J connectivity index is 1.88. The summed E-state index contributed by atoms with van der Waals surface area (Å²) >= 11 is 0. The van der Waals surface area contributed by atoms with Gasteiger partial charge in [0.1, 0.15) is 6.04 Å². The lowest BCUT2D eigenvalue weighted by Gasteiger charge is -2.19. The predicted octanol–water partition coefficient (Wildman–Crippen LogP) is 3.15. The van der Waals surface area contributed by atoms with Crippen LogP contribution in [0.5, 0.6) is 0 Å². The molecule has 1 fully saturated rings. The number of nitrogens with one attached hydrogen (secondary N) is 1. The van der Waals surface area contributed by atoms with E-state index in [1.165, 1.54) is 36.4 Å². The van der Waals surface area contributed by atoms with Crippen LogP contribution in [0, 0.1) is 0 Å². The average Bonchev–Trinajstić information content (AvgIpc) is 2.88. The van der Waals surface area contributed by atoms with Crippen molar-refractivity contribution in [3.05, 3.63) is 59.7 Å². The molecule has 2 N–H and O–H groups in total. The maximum atomic E-state index is 13.1. The highest BCUT2D eigenvalue weighted by Crippen LogP contribution is 2.36. The third kappa shape index (κ3) is 3.62. The van der Waals surface area contributed by atoms with Gasteiger partial charge in [0.2, 0.25) is 5.91 Å². The summed E-state index contributed by atoms with van der Waals surface area (Å²) in [5.74, 6) is -2.62. The van der Waals surface area contributed by atoms with Gasteiger partial charge >= 0.3 is 12.1 Å². The van der Waals surface area contributed by atoms with Gasteiger partial charge in [0.15, 0.2) is 0 Å². The standard InChI is InChI=1S/C18H13F3N2O4/c19-18(20,21)12-6-1-2-7-13(12)22-14-9-15(24)23(16(14)25)11-5-3-4-10(8-11)17(26)27/h1-8,14,22H,9H2,(H,26,27). The Morgan fingerprint density at radius 3 is 2.48 bits per heavy atom. The molecule has 1 unspecified atom stereocenters. The summed E-state index contributed by atoms with van der Waals surface area (Å²) in [5, 5.41) is 11.5. The first-order chi connectivity index (χ1) is 12.7. The van der Waals surface area contributed by atoms with Gasteiger partial charge in [-0.3, -0.25) is 9.59 Å². The number of para-hydroxylation sites is 1. The number of carboxylic acid groups (broad SMARTS) is 1. The maximum absolute atomic E-state index is 13.1. The molecule has 1 saturated heterocycles. The van der Waals surface area contributed by atoms with Crippen LogP contribution in [-0.4, -0.2) is 28.9 Å². The highest BCUT2D eigenvalue weighted by molar-refractivity contribution is 6.23. The molecule has 1 heterocycles. The minimum atomic E-state index is -4.62. The number of halogens is 3. The fraction of sp³-hybridized carbons (Fsp3) is 0.167. The zero-order valence-electron chi connectivity index (χ0n) is 13.7. The SMILES string of the molecule is O=C(O)c1cccc(N2C(=O)CC(Nc3ccccc3C(F)(F)F)C2=O)c1. The van der Waals surface area contributed by atoms with Crippen molar-refractivity contribution >= 4 is 29.2 Å². The molecule has 140 valence electrons. The molecule has 27 heavy (non-hydrogen) atoms. The van der Waals surface area contributed by atoms with E-state index in [0.29, 0.717) is 0 Å². The average molecular weight is 378 g/mol. The molecule has 1 aliphatic rings. The van der Waals surface area contributed by atoms with Crippen LogP contribution in [-0.2, 0) is 15.8 Å². The summed E-state index contributed by atoms with van der Waals surface area (Å²) in [4.78, 5) is 36.7. The third-order valence-corrected chi connectivity index (χ3v) is 4.06. The number of carboxylic acids is 1. The van der Waals surface area contributed by atoms with Crippen LogP contribution in [0.3, 0.4) is 0 Å². The summed E-state index contributed by atoms with van der Waals surface area (Å²) in [6.45, 7) is 0. The first kappa shape index (κ1) is 18.4. The first-order valence-corrected chi connectivity index (χ1v) is 7.81. The number of amides is 2. The molecule has 9 heteroatoms. The Kier molecular flexibility index (Phi) is 4.61. The van der Waals surface area contributed by atoms with Crippen molar-refractivity contribution < 1.29 is 32.7 Å². The van der Waals surface area contributed by atoms with Gasteiger partial charge in [0, 0.05) is 5.69 Å². The van der Waals surface area contributed by atoms with Crippen LogP contribution in [0.2, 0.25) is 0 Å². The van der Waals surface area contributed by atoms with E-state index in [1.54, 1.807) is 0 Å². The molecule has 0 bridgehead atoms. The van der Waals surface area contributed by atoms with E-state index in [4.69, 9.17) is 5.11 Å². The molecule has 1 atom stereocenters. The van der Waals surface area contributed by atoms with E-state index >= 15 is 0 Å². The largest absolute Gasteiger partial charge is 0.478 e. The number of carbonyl (C=O) groups is 3. The second kappa shape index (κ2) is 6.75. The summed E-state index contributed by atoms with van der Waals surface area (Å²) in [5.41, 5.74) is -1.32. The molecule has 0 radical (unpaired) electrons. The van der Waals surface area contributed by atoms with E-state index in [9.17, 15) is 27.6 Å². The molecule has 3 rings (SSSR count). The zero-order valence-corrected chi connectivity index (χ0v) is 13.7. The molecule has 0 spiro atoms. The lowest BCUT2D eigenvalue weighted by atomic mass is 10.1. The van der Waals surface area contributed by atoms with Gasteiger partial charge in [-0.15, -0.1) is 0 Å². The molecule has 2 amide bonds. The fourth-order valence-corrected chi connectivity index (χ4v) is 2.84. The van der Waals surface area contributed by atoms with Crippen molar-refractivity contribution in [3.8, 4) is 0 Å². The van der Waals surface area contributed by atoms with Crippen LogP contribution in [0.25, 0.3) is 0 Å². The summed E-state index contributed by atoms with van der Waals surface area (Å²) in [6.07, 6.45) is -4.97. The number of anilines is 2. The Bertz CT molecular complexity index is 927. The van der Waals surface area contributed by atoms with Crippen LogP contribution in [0.15, 0.2) is 48.5 Å². The molecule has 0 aliphatic carbocycles.